The number of carbonyl (C=O) groups excluding carboxylic acids is 1. The summed E-state index contributed by atoms with van der Waals surface area (Å²) in [4.78, 5) is 14.3. The minimum atomic E-state index is -0.905. The van der Waals surface area contributed by atoms with Crippen molar-refractivity contribution in [2.24, 2.45) is 16.7 Å². The van der Waals surface area contributed by atoms with E-state index in [-0.39, 0.29) is 30.0 Å². The minimum Gasteiger partial charge on any atom is -0.445 e. The normalized spacial score (nSPS) is 27.6. The zero-order chi connectivity index (χ0) is 17.9. The molecule has 1 saturated heterocycles. The highest BCUT2D eigenvalue weighted by molar-refractivity contribution is 5.98. The van der Waals surface area contributed by atoms with Gasteiger partial charge in [-0.15, -0.1) is 0 Å². The van der Waals surface area contributed by atoms with Crippen LogP contribution in [0.4, 0.5) is 4.79 Å². The topological polar surface area (TPSA) is 59.0 Å². The Hall–Kier alpha value is -1.11. The van der Waals surface area contributed by atoms with Gasteiger partial charge in [0, 0.05) is 12.0 Å². The van der Waals surface area contributed by atoms with Crippen LogP contribution in [0.25, 0.3) is 0 Å². The molecule has 0 bridgehead atoms. The van der Waals surface area contributed by atoms with Crippen LogP contribution in [0.3, 0.4) is 0 Å². The van der Waals surface area contributed by atoms with Gasteiger partial charge in [-0.1, -0.05) is 53.3 Å². The number of rotatable bonds is 5. The number of hydrogen-bond donors (Lipinski definition) is 1. The van der Waals surface area contributed by atoms with E-state index in [1.54, 1.807) is 23.1 Å². The highest BCUT2D eigenvalue weighted by atomic mass is 28.2. The summed E-state index contributed by atoms with van der Waals surface area (Å²) in [6.45, 7) is 14.9. The molecule has 1 fully saturated rings. The molecular weight excluding hydrogens is 310 g/mol. The molecule has 132 valence electrons. The first-order chi connectivity index (χ1) is 10.6. The van der Waals surface area contributed by atoms with Crippen molar-refractivity contribution < 1.29 is 19.1 Å². The molecule has 1 aliphatic heterocycles. The first kappa shape index (κ1) is 19.9. The van der Waals surface area contributed by atoms with Crippen LogP contribution in [-0.2, 0) is 9.16 Å². The fourth-order valence-corrected chi connectivity index (χ4v) is 4.76. The molecule has 1 N–H and O–H groups in total. The third-order valence-electron chi connectivity index (χ3n) is 4.91. The molecule has 6 heteroatoms. The zero-order valence-electron chi connectivity index (χ0n) is 15.3. The molecule has 1 heterocycles. The van der Waals surface area contributed by atoms with Gasteiger partial charge in [0.25, 0.3) is 0 Å². The second-order valence-corrected chi connectivity index (χ2v) is 8.01. The van der Waals surface area contributed by atoms with Crippen LogP contribution in [0.5, 0.6) is 0 Å². The number of nitrogens with zero attached hydrogens (tertiary/aromatic N) is 1. The lowest BCUT2D eigenvalue weighted by molar-refractivity contribution is -0.0793. The summed E-state index contributed by atoms with van der Waals surface area (Å²) in [5.74, 6) is 0.212. The number of likely N-dealkylation sites (tertiary alicyclic amines) is 1. The SMILES string of the molecule is C=CCOC(=O)N1C[C@H](C(C)(C)C)C(C)(C)[C@]1(C=CCO)O[SiH3]. The van der Waals surface area contributed by atoms with Gasteiger partial charge in [-0.05, 0) is 17.4 Å². The molecule has 0 aromatic heterocycles. The van der Waals surface area contributed by atoms with E-state index in [0.29, 0.717) is 17.0 Å². The molecule has 0 aliphatic carbocycles. The van der Waals surface area contributed by atoms with E-state index in [9.17, 15) is 9.90 Å². The maximum Gasteiger partial charge on any atom is 0.412 e. The Morgan fingerprint density at radius 1 is 1.48 bits per heavy atom. The summed E-state index contributed by atoms with van der Waals surface area (Å²) in [5.41, 5.74) is -1.24. The largest absolute Gasteiger partial charge is 0.445 e. The average Bonchev–Trinajstić information content (AvgIpc) is 2.70. The van der Waals surface area contributed by atoms with Crippen molar-refractivity contribution in [2.45, 2.75) is 40.3 Å². The standard InChI is InChI=1S/C17H31NO4Si/c1-7-11-21-14(20)18-12-13(15(2,3)4)16(5,6)17(18,22-23)9-8-10-19/h7-9,13,19H,1,10-12H2,2-6,23H3/t13-,17+/m1/s1. The van der Waals surface area contributed by atoms with Gasteiger partial charge in [-0.3, -0.25) is 4.90 Å². The number of aliphatic hydroxyl groups is 1. The Kier molecular flexibility index (Phi) is 6.23. The van der Waals surface area contributed by atoms with Gasteiger partial charge in [0.1, 0.15) is 17.1 Å². The van der Waals surface area contributed by atoms with Crippen molar-refractivity contribution in [3.05, 3.63) is 24.8 Å². The molecule has 1 aliphatic rings. The van der Waals surface area contributed by atoms with E-state index >= 15 is 0 Å². The summed E-state index contributed by atoms with van der Waals surface area (Å²) >= 11 is 0. The highest BCUT2D eigenvalue weighted by Crippen LogP contribution is 2.56. The molecule has 0 radical (unpaired) electrons. The third kappa shape index (κ3) is 3.54. The van der Waals surface area contributed by atoms with Gasteiger partial charge in [-0.25, -0.2) is 4.79 Å². The van der Waals surface area contributed by atoms with Crippen LogP contribution in [0, 0.1) is 16.7 Å². The predicted molar refractivity (Wildman–Crippen MR) is 95.0 cm³/mol. The lowest BCUT2D eigenvalue weighted by atomic mass is 9.64. The van der Waals surface area contributed by atoms with Crippen LogP contribution in [-0.4, -0.2) is 52.1 Å². The molecule has 1 rings (SSSR count). The second kappa shape index (κ2) is 7.19. The second-order valence-electron chi connectivity index (χ2n) is 7.60. The van der Waals surface area contributed by atoms with Crippen molar-refractivity contribution in [3.63, 3.8) is 0 Å². The molecule has 0 aromatic carbocycles. The molecule has 0 saturated carbocycles. The molecule has 1 amide bonds. The maximum atomic E-state index is 12.6. The van der Waals surface area contributed by atoms with Gasteiger partial charge in [-0.2, -0.15) is 0 Å². The lowest BCUT2D eigenvalue weighted by Crippen LogP contribution is -2.55. The van der Waals surface area contributed by atoms with Gasteiger partial charge in [0.15, 0.2) is 5.72 Å². The molecule has 5 nitrogen and oxygen atoms in total. The smallest absolute Gasteiger partial charge is 0.412 e. The predicted octanol–water partition coefficient (Wildman–Crippen LogP) is 1.85. The average molecular weight is 342 g/mol. The van der Waals surface area contributed by atoms with E-state index in [4.69, 9.17) is 9.16 Å². The monoisotopic (exact) mass is 341 g/mol. The minimum absolute atomic E-state index is 0.00461. The molecule has 0 aromatic rings. The Morgan fingerprint density at radius 3 is 2.52 bits per heavy atom. The van der Waals surface area contributed by atoms with E-state index in [1.165, 1.54) is 0 Å². The van der Waals surface area contributed by atoms with Gasteiger partial charge in [0.05, 0.1) is 6.61 Å². The molecule has 0 unspecified atom stereocenters. The molecular formula is C17H31NO4Si. The summed E-state index contributed by atoms with van der Waals surface area (Å²) in [5, 5.41) is 9.22. The van der Waals surface area contributed by atoms with Crippen LogP contribution in [0.15, 0.2) is 24.8 Å². The fourth-order valence-electron chi connectivity index (χ4n) is 3.88. The van der Waals surface area contributed by atoms with E-state index in [2.05, 4.69) is 41.2 Å². The van der Waals surface area contributed by atoms with Gasteiger partial charge in [0.2, 0.25) is 0 Å². The first-order valence-corrected chi connectivity index (χ1v) is 8.79. The summed E-state index contributed by atoms with van der Waals surface area (Å²) < 4.78 is 11.3. The Labute approximate surface area is 142 Å². The summed E-state index contributed by atoms with van der Waals surface area (Å²) in [6, 6.07) is 0. The van der Waals surface area contributed by atoms with Crippen molar-refractivity contribution in [1.82, 2.24) is 4.90 Å². The first-order valence-electron chi connectivity index (χ1n) is 7.97. The van der Waals surface area contributed by atoms with Crippen molar-refractivity contribution >= 4 is 16.6 Å². The Balaban J connectivity index is 3.37. The van der Waals surface area contributed by atoms with Crippen molar-refractivity contribution in [1.29, 1.82) is 0 Å². The van der Waals surface area contributed by atoms with Gasteiger partial charge < -0.3 is 14.3 Å². The third-order valence-corrected chi connectivity index (χ3v) is 5.53. The van der Waals surface area contributed by atoms with Gasteiger partial charge >= 0.3 is 6.09 Å². The number of amides is 1. The summed E-state index contributed by atoms with van der Waals surface area (Å²) in [6.07, 6.45) is 4.58. The quantitative estimate of drug-likeness (QED) is 0.612. The molecule has 0 spiro atoms. The number of hydrogen-bond acceptors (Lipinski definition) is 4. The van der Waals surface area contributed by atoms with E-state index < -0.39 is 11.8 Å². The Bertz CT molecular complexity index is 470. The maximum absolute atomic E-state index is 12.6. The lowest BCUT2D eigenvalue weighted by Gasteiger charge is -2.46. The zero-order valence-corrected chi connectivity index (χ0v) is 17.3. The van der Waals surface area contributed by atoms with Crippen LogP contribution in [0.2, 0.25) is 0 Å². The fraction of sp³-hybridized carbons (Fsp3) is 0.706. The molecule has 23 heavy (non-hydrogen) atoms. The van der Waals surface area contributed by atoms with E-state index in [1.807, 2.05) is 0 Å². The van der Waals surface area contributed by atoms with Crippen LogP contribution < -0.4 is 0 Å². The van der Waals surface area contributed by atoms with Crippen molar-refractivity contribution in [3.8, 4) is 0 Å². The van der Waals surface area contributed by atoms with Crippen LogP contribution >= 0.6 is 0 Å². The Morgan fingerprint density at radius 2 is 2.09 bits per heavy atom. The highest BCUT2D eigenvalue weighted by Gasteiger charge is 2.62. The van der Waals surface area contributed by atoms with E-state index in [0.717, 1.165) is 0 Å². The van der Waals surface area contributed by atoms with Crippen LogP contribution in [0.1, 0.15) is 34.6 Å². The molecule has 2 atom stereocenters. The number of ether oxygens (including phenoxy) is 1. The number of carbonyl (C=O) groups is 1. The summed E-state index contributed by atoms with van der Waals surface area (Å²) in [7, 11) is 0.458. The van der Waals surface area contributed by atoms with Crippen molar-refractivity contribution in [2.75, 3.05) is 19.8 Å². The number of aliphatic hydroxyl groups excluding tert-OH is 1.